The Labute approximate surface area is 252 Å². The summed E-state index contributed by atoms with van der Waals surface area (Å²) in [5, 5.41) is 10.3. The van der Waals surface area contributed by atoms with E-state index >= 15 is 0 Å². The maximum atomic E-state index is 13.7. The minimum absolute atomic E-state index is 0.0388. The molecule has 1 heterocycles. The molecule has 13 heteroatoms. The Kier molecular flexibility index (Phi) is 9.53. The van der Waals surface area contributed by atoms with Crippen molar-refractivity contribution in [3.05, 3.63) is 82.9 Å². The third-order valence-electron chi connectivity index (χ3n) is 7.21. The standard InChI is InChI=1S/C29H34ClN3O7S2/c1-19-5-10-24(11-6-19)41(36,37)31-23-9-14-27-26(15-23)29(35)33(21(3)18-34)16-20(2)28(40-27)17-32(4)42(38,39)25-12-7-22(30)8-13-25/h5-15,20-21,28,31,34H,16-18H2,1-4H3/t20-,21-,28+/m1/s1. The lowest BCUT2D eigenvalue weighted by Gasteiger charge is -2.38. The Morgan fingerprint density at radius 2 is 1.67 bits per heavy atom. The van der Waals surface area contributed by atoms with Crippen molar-refractivity contribution in [1.29, 1.82) is 0 Å². The molecule has 1 aliphatic rings. The summed E-state index contributed by atoms with van der Waals surface area (Å²) in [6.45, 7) is 5.21. The SMILES string of the molecule is Cc1ccc(S(=O)(=O)Nc2ccc3c(c2)C(=O)N([C@H](C)CO)C[C@@H](C)[C@H](CN(C)S(=O)(=O)c2ccc(Cl)cc2)O3)cc1. The van der Waals surface area contributed by atoms with Gasteiger partial charge in [-0.15, -0.1) is 0 Å². The van der Waals surface area contributed by atoms with E-state index in [9.17, 15) is 26.7 Å². The van der Waals surface area contributed by atoms with E-state index in [1.807, 2.05) is 13.8 Å². The summed E-state index contributed by atoms with van der Waals surface area (Å²) in [7, 11) is -6.38. The second kappa shape index (κ2) is 12.6. The topological polar surface area (TPSA) is 133 Å². The van der Waals surface area contributed by atoms with Crippen LogP contribution in [0.15, 0.2) is 76.5 Å². The van der Waals surface area contributed by atoms with Crippen molar-refractivity contribution in [3.8, 4) is 5.75 Å². The Morgan fingerprint density at radius 1 is 1.05 bits per heavy atom. The average Bonchev–Trinajstić information content (AvgIpc) is 2.95. The number of aliphatic hydroxyl groups excluding tert-OH is 1. The zero-order valence-electron chi connectivity index (χ0n) is 23.7. The predicted molar refractivity (Wildman–Crippen MR) is 161 cm³/mol. The molecule has 10 nitrogen and oxygen atoms in total. The van der Waals surface area contributed by atoms with Crippen LogP contribution in [0.2, 0.25) is 5.02 Å². The summed E-state index contributed by atoms with van der Waals surface area (Å²) in [6.07, 6.45) is -0.688. The summed E-state index contributed by atoms with van der Waals surface area (Å²) in [5.74, 6) is -0.615. The number of fused-ring (bicyclic) bond motifs is 1. The number of hydrogen-bond acceptors (Lipinski definition) is 7. The molecule has 2 N–H and O–H groups in total. The van der Waals surface area contributed by atoms with Gasteiger partial charge in [-0.1, -0.05) is 36.2 Å². The van der Waals surface area contributed by atoms with Crippen LogP contribution in [-0.4, -0.2) is 75.9 Å². The van der Waals surface area contributed by atoms with Gasteiger partial charge in [0.05, 0.1) is 34.5 Å². The highest BCUT2D eigenvalue weighted by molar-refractivity contribution is 7.92. The molecule has 226 valence electrons. The third kappa shape index (κ3) is 6.90. The molecule has 0 saturated heterocycles. The Morgan fingerprint density at radius 3 is 2.29 bits per heavy atom. The quantitative estimate of drug-likeness (QED) is 0.363. The van der Waals surface area contributed by atoms with Crippen molar-refractivity contribution in [2.24, 2.45) is 5.92 Å². The van der Waals surface area contributed by atoms with Crippen LogP contribution in [0, 0.1) is 12.8 Å². The van der Waals surface area contributed by atoms with Crippen LogP contribution in [0.1, 0.15) is 29.8 Å². The number of hydrogen-bond donors (Lipinski definition) is 2. The fourth-order valence-corrected chi connectivity index (χ4v) is 6.93. The molecular weight excluding hydrogens is 602 g/mol. The zero-order valence-corrected chi connectivity index (χ0v) is 26.1. The maximum Gasteiger partial charge on any atom is 0.261 e. The number of rotatable bonds is 9. The number of halogens is 1. The van der Waals surface area contributed by atoms with E-state index in [1.54, 1.807) is 19.1 Å². The van der Waals surface area contributed by atoms with E-state index in [0.717, 1.165) is 5.56 Å². The molecular formula is C29H34ClN3O7S2. The predicted octanol–water partition coefficient (Wildman–Crippen LogP) is 3.99. The fourth-order valence-electron chi connectivity index (χ4n) is 4.57. The number of nitrogens with one attached hydrogen (secondary N) is 1. The first kappa shape index (κ1) is 31.8. The lowest BCUT2D eigenvalue weighted by Crippen LogP contribution is -2.50. The van der Waals surface area contributed by atoms with E-state index in [4.69, 9.17) is 16.3 Å². The number of carbonyl (C=O) groups excluding carboxylic acids is 1. The average molecular weight is 636 g/mol. The molecule has 4 rings (SSSR count). The van der Waals surface area contributed by atoms with Crippen LogP contribution in [0.5, 0.6) is 5.75 Å². The number of benzene rings is 3. The van der Waals surface area contributed by atoms with E-state index in [-0.39, 0.29) is 52.4 Å². The highest BCUT2D eigenvalue weighted by atomic mass is 35.5. The molecule has 0 spiro atoms. The maximum absolute atomic E-state index is 13.7. The molecule has 0 radical (unpaired) electrons. The normalized spacial score (nSPS) is 18.5. The van der Waals surface area contributed by atoms with E-state index < -0.39 is 38.1 Å². The van der Waals surface area contributed by atoms with Crippen LogP contribution < -0.4 is 9.46 Å². The number of aliphatic hydroxyl groups is 1. The Bertz CT molecular complexity index is 1650. The molecule has 0 bridgehead atoms. The molecule has 3 aromatic carbocycles. The monoisotopic (exact) mass is 635 g/mol. The van der Waals surface area contributed by atoms with Gasteiger partial charge in [0.2, 0.25) is 10.0 Å². The largest absolute Gasteiger partial charge is 0.488 e. The van der Waals surface area contributed by atoms with Crippen molar-refractivity contribution in [2.75, 3.05) is 31.5 Å². The molecule has 3 aromatic rings. The van der Waals surface area contributed by atoms with Gasteiger partial charge in [0.25, 0.3) is 15.9 Å². The molecule has 0 aliphatic carbocycles. The molecule has 1 aliphatic heterocycles. The first-order chi connectivity index (χ1) is 19.7. The molecule has 42 heavy (non-hydrogen) atoms. The van der Waals surface area contributed by atoms with Crippen molar-refractivity contribution < 1.29 is 31.5 Å². The zero-order chi connectivity index (χ0) is 30.8. The number of amides is 1. The van der Waals surface area contributed by atoms with Crippen LogP contribution in [0.25, 0.3) is 0 Å². The van der Waals surface area contributed by atoms with Gasteiger partial charge in [0, 0.05) is 30.2 Å². The number of anilines is 1. The fraction of sp³-hybridized carbons (Fsp3) is 0.345. The van der Waals surface area contributed by atoms with Crippen molar-refractivity contribution in [2.45, 2.75) is 42.7 Å². The molecule has 0 saturated carbocycles. The molecule has 0 fully saturated rings. The van der Waals surface area contributed by atoms with Gasteiger partial charge >= 0.3 is 0 Å². The van der Waals surface area contributed by atoms with Crippen LogP contribution in [-0.2, 0) is 20.0 Å². The number of likely N-dealkylation sites (N-methyl/N-ethyl adjacent to an activating group) is 1. The first-order valence-electron chi connectivity index (χ1n) is 13.3. The summed E-state index contributed by atoms with van der Waals surface area (Å²) >= 11 is 5.93. The smallest absolute Gasteiger partial charge is 0.261 e. The Balaban J connectivity index is 1.68. The van der Waals surface area contributed by atoms with Crippen molar-refractivity contribution >= 4 is 43.2 Å². The van der Waals surface area contributed by atoms with Gasteiger partial charge in [-0.05, 0) is 68.4 Å². The third-order valence-corrected chi connectivity index (χ3v) is 10.7. The van der Waals surface area contributed by atoms with Crippen molar-refractivity contribution in [1.82, 2.24) is 9.21 Å². The van der Waals surface area contributed by atoms with Gasteiger partial charge in [-0.2, -0.15) is 4.31 Å². The van der Waals surface area contributed by atoms with Crippen LogP contribution >= 0.6 is 11.6 Å². The van der Waals surface area contributed by atoms with Gasteiger partial charge in [0.1, 0.15) is 11.9 Å². The first-order valence-corrected chi connectivity index (χ1v) is 16.6. The van der Waals surface area contributed by atoms with E-state index in [2.05, 4.69) is 4.72 Å². The number of sulfonamides is 2. The second-order valence-corrected chi connectivity index (χ2v) is 14.7. The second-order valence-electron chi connectivity index (χ2n) is 10.5. The van der Waals surface area contributed by atoms with E-state index in [1.165, 1.54) is 70.9 Å². The summed E-state index contributed by atoms with van der Waals surface area (Å²) in [5.41, 5.74) is 1.14. The number of carbonyl (C=O) groups is 1. The minimum Gasteiger partial charge on any atom is -0.488 e. The highest BCUT2D eigenvalue weighted by Gasteiger charge is 2.35. The Hall–Kier alpha value is -3.16. The van der Waals surface area contributed by atoms with Gasteiger partial charge in [0.15, 0.2) is 0 Å². The number of aryl methyl sites for hydroxylation is 1. The number of ether oxygens (including phenoxy) is 1. The van der Waals surface area contributed by atoms with Crippen LogP contribution in [0.4, 0.5) is 5.69 Å². The molecule has 0 unspecified atom stereocenters. The van der Waals surface area contributed by atoms with E-state index in [0.29, 0.717) is 5.02 Å². The summed E-state index contributed by atoms with van der Waals surface area (Å²) in [6, 6.07) is 16.0. The van der Waals surface area contributed by atoms with Gasteiger partial charge < -0.3 is 14.7 Å². The van der Waals surface area contributed by atoms with Crippen LogP contribution in [0.3, 0.4) is 0 Å². The highest BCUT2D eigenvalue weighted by Crippen LogP contribution is 2.32. The molecule has 3 atom stereocenters. The minimum atomic E-state index is -3.94. The van der Waals surface area contributed by atoms with Gasteiger partial charge in [-0.25, -0.2) is 16.8 Å². The lowest BCUT2D eigenvalue weighted by atomic mass is 9.99. The molecule has 0 aromatic heterocycles. The summed E-state index contributed by atoms with van der Waals surface area (Å²) < 4.78 is 62.5. The summed E-state index contributed by atoms with van der Waals surface area (Å²) in [4.78, 5) is 15.3. The van der Waals surface area contributed by atoms with Gasteiger partial charge in [-0.3, -0.25) is 9.52 Å². The number of nitrogens with zero attached hydrogens (tertiary/aromatic N) is 2. The molecule has 1 amide bonds. The van der Waals surface area contributed by atoms with Crippen molar-refractivity contribution in [3.63, 3.8) is 0 Å². The lowest BCUT2D eigenvalue weighted by molar-refractivity contribution is 0.0387.